The molecule has 0 saturated heterocycles. The first-order chi connectivity index (χ1) is 9.29. The van der Waals surface area contributed by atoms with Crippen molar-refractivity contribution in [2.75, 3.05) is 12.0 Å². The van der Waals surface area contributed by atoms with Crippen molar-refractivity contribution >= 4 is 5.95 Å². The van der Waals surface area contributed by atoms with Crippen LogP contribution in [-0.4, -0.2) is 16.6 Å². The molecule has 5 nitrogen and oxygen atoms in total. The molecule has 5 heteroatoms. The van der Waals surface area contributed by atoms with Gasteiger partial charge in [0.15, 0.2) is 0 Å². The molecule has 0 aliphatic rings. The molecule has 0 fully saturated rings. The zero-order valence-electron chi connectivity index (χ0n) is 11.0. The van der Waals surface area contributed by atoms with Crippen molar-refractivity contribution in [1.82, 2.24) is 9.97 Å². The number of hydrogen-bond acceptors (Lipinski definition) is 5. The van der Waals surface area contributed by atoms with Gasteiger partial charge in [-0.05, 0) is 25.3 Å². The van der Waals surface area contributed by atoms with Gasteiger partial charge in [0.05, 0.1) is 6.61 Å². The van der Waals surface area contributed by atoms with Gasteiger partial charge in [-0.3, -0.25) is 5.43 Å². The summed E-state index contributed by atoms with van der Waals surface area (Å²) in [4.78, 5) is 8.17. The first-order valence-electron chi connectivity index (χ1n) is 6.26. The third-order valence-corrected chi connectivity index (χ3v) is 2.75. The third kappa shape index (κ3) is 3.93. The van der Waals surface area contributed by atoms with Crippen LogP contribution in [0.1, 0.15) is 17.5 Å². The first-order valence-corrected chi connectivity index (χ1v) is 6.26. The number of nitrogens with two attached hydrogens (primary N) is 1. The highest BCUT2D eigenvalue weighted by Crippen LogP contribution is 2.15. The molecule has 0 radical (unpaired) electrons. The lowest BCUT2D eigenvalue weighted by Gasteiger charge is -2.08. The van der Waals surface area contributed by atoms with Crippen molar-refractivity contribution in [3.63, 3.8) is 0 Å². The first kappa shape index (κ1) is 13.3. The molecule has 100 valence electrons. The van der Waals surface area contributed by atoms with E-state index in [-0.39, 0.29) is 0 Å². The summed E-state index contributed by atoms with van der Waals surface area (Å²) in [7, 11) is 0. The number of rotatable bonds is 6. The number of nitrogens with zero attached hydrogens (tertiary/aromatic N) is 2. The molecular weight excluding hydrogens is 240 g/mol. The predicted octanol–water partition coefficient (Wildman–Crippen LogP) is 2.08. The SMILES string of the molecule is Cc1cnc(NN)nc1OCCCc1ccccc1. The Hall–Kier alpha value is -2.14. The molecule has 0 aliphatic carbocycles. The molecule has 0 atom stereocenters. The maximum absolute atomic E-state index is 5.65. The monoisotopic (exact) mass is 258 g/mol. The second-order valence-electron chi connectivity index (χ2n) is 4.26. The molecule has 0 amide bonds. The van der Waals surface area contributed by atoms with Crippen molar-refractivity contribution in [1.29, 1.82) is 0 Å². The van der Waals surface area contributed by atoms with Crippen LogP contribution in [0.3, 0.4) is 0 Å². The second-order valence-corrected chi connectivity index (χ2v) is 4.26. The lowest BCUT2D eigenvalue weighted by molar-refractivity contribution is 0.297. The van der Waals surface area contributed by atoms with Crippen molar-refractivity contribution in [2.45, 2.75) is 19.8 Å². The maximum Gasteiger partial charge on any atom is 0.240 e. The molecule has 2 rings (SSSR count). The van der Waals surface area contributed by atoms with Gasteiger partial charge in [-0.1, -0.05) is 30.3 Å². The Kier molecular flexibility index (Phi) is 4.69. The van der Waals surface area contributed by atoms with Gasteiger partial charge in [0.25, 0.3) is 0 Å². The minimum atomic E-state index is 0.364. The minimum absolute atomic E-state index is 0.364. The predicted molar refractivity (Wildman–Crippen MR) is 74.8 cm³/mol. The Balaban J connectivity index is 1.82. The fraction of sp³-hybridized carbons (Fsp3) is 0.286. The molecule has 0 saturated carbocycles. The summed E-state index contributed by atoms with van der Waals surface area (Å²) in [5.74, 6) is 6.21. The Morgan fingerprint density at radius 1 is 1.26 bits per heavy atom. The summed E-state index contributed by atoms with van der Waals surface area (Å²) < 4.78 is 5.65. The van der Waals surface area contributed by atoms with Crippen LogP contribution in [0.25, 0.3) is 0 Å². The van der Waals surface area contributed by atoms with Crippen molar-refractivity contribution < 1.29 is 4.74 Å². The third-order valence-electron chi connectivity index (χ3n) is 2.75. The van der Waals surface area contributed by atoms with Crippen LogP contribution in [0.5, 0.6) is 5.88 Å². The fourth-order valence-corrected chi connectivity index (χ4v) is 1.73. The summed E-state index contributed by atoms with van der Waals surface area (Å²) in [5, 5.41) is 0. The summed E-state index contributed by atoms with van der Waals surface area (Å²) in [6.45, 7) is 2.53. The molecule has 19 heavy (non-hydrogen) atoms. The molecule has 1 aromatic carbocycles. The van der Waals surface area contributed by atoms with E-state index in [1.807, 2.05) is 25.1 Å². The highest BCUT2D eigenvalue weighted by Gasteiger charge is 2.04. The van der Waals surface area contributed by atoms with Crippen LogP contribution < -0.4 is 16.0 Å². The van der Waals surface area contributed by atoms with Crippen molar-refractivity contribution in [3.8, 4) is 5.88 Å². The lowest BCUT2D eigenvalue weighted by atomic mass is 10.1. The van der Waals surface area contributed by atoms with E-state index >= 15 is 0 Å². The standard InChI is InChI=1S/C14H18N4O/c1-11-10-16-14(18-15)17-13(11)19-9-5-8-12-6-3-2-4-7-12/h2-4,6-7,10H,5,8-9,15H2,1H3,(H,16,17,18). The summed E-state index contributed by atoms with van der Waals surface area (Å²) >= 11 is 0. The van der Waals surface area contributed by atoms with Crippen LogP contribution in [0, 0.1) is 6.92 Å². The Labute approximate surface area is 112 Å². The molecule has 0 aliphatic heterocycles. The van der Waals surface area contributed by atoms with Gasteiger partial charge in [-0.15, -0.1) is 0 Å². The largest absolute Gasteiger partial charge is 0.477 e. The summed E-state index contributed by atoms with van der Waals surface area (Å²) in [6.07, 6.45) is 3.63. The van der Waals surface area contributed by atoms with Crippen LogP contribution in [0.15, 0.2) is 36.5 Å². The fourth-order valence-electron chi connectivity index (χ4n) is 1.73. The van der Waals surface area contributed by atoms with E-state index in [1.54, 1.807) is 6.20 Å². The average Bonchev–Trinajstić information content (AvgIpc) is 2.46. The van der Waals surface area contributed by atoms with Crippen molar-refractivity contribution in [3.05, 3.63) is 47.7 Å². The molecular formula is C14H18N4O. The van der Waals surface area contributed by atoms with E-state index in [4.69, 9.17) is 10.6 Å². The molecule has 2 aromatic rings. The van der Waals surface area contributed by atoms with E-state index in [0.717, 1.165) is 18.4 Å². The van der Waals surface area contributed by atoms with Gasteiger partial charge in [-0.25, -0.2) is 10.8 Å². The number of hydrogen-bond donors (Lipinski definition) is 2. The van der Waals surface area contributed by atoms with Crippen LogP contribution in [-0.2, 0) is 6.42 Å². The molecule has 1 aromatic heterocycles. The Morgan fingerprint density at radius 3 is 2.79 bits per heavy atom. The minimum Gasteiger partial charge on any atom is -0.477 e. The van der Waals surface area contributed by atoms with E-state index in [1.165, 1.54) is 5.56 Å². The number of anilines is 1. The van der Waals surface area contributed by atoms with Gasteiger partial charge in [0, 0.05) is 11.8 Å². The molecule has 1 heterocycles. The number of hydrazine groups is 1. The quantitative estimate of drug-likeness (QED) is 0.471. The van der Waals surface area contributed by atoms with Gasteiger partial charge < -0.3 is 4.74 Å². The van der Waals surface area contributed by atoms with Gasteiger partial charge in [0.1, 0.15) is 0 Å². The zero-order chi connectivity index (χ0) is 13.5. The summed E-state index contributed by atoms with van der Waals surface area (Å²) in [6, 6.07) is 10.3. The normalized spacial score (nSPS) is 10.2. The van der Waals surface area contributed by atoms with E-state index in [0.29, 0.717) is 18.4 Å². The Morgan fingerprint density at radius 2 is 2.05 bits per heavy atom. The topological polar surface area (TPSA) is 73.1 Å². The number of aryl methyl sites for hydroxylation is 2. The van der Waals surface area contributed by atoms with E-state index < -0.39 is 0 Å². The van der Waals surface area contributed by atoms with Gasteiger partial charge in [-0.2, -0.15) is 4.98 Å². The van der Waals surface area contributed by atoms with E-state index in [2.05, 4.69) is 27.5 Å². The average molecular weight is 258 g/mol. The highest BCUT2D eigenvalue weighted by molar-refractivity contribution is 5.31. The van der Waals surface area contributed by atoms with Crippen LogP contribution >= 0.6 is 0 Å². The second kappa shape index (κ2) is 6.70. The highest BCUT2D eigenvalue weighted by atomic mass is 16.5. The summed E-state index contributed by atoms with van der Waals surface area (Å²) in [5.41, 5.74) is 4.62. The number of nitrogen functional groups attached to an aromatic ring is 1. The lowest BCUT2D eigenvalue weighted by Crippen LogP contribution is -2.12. The number of nitrogens with one attached hydrogen (secondary N) is 1. The van der Waals surface area contributed by atoms with Crippen LogP contribution in [0.2, 0.25) is 0 Å². The maximum atomic E-state index is 5.65. The molecule has 0 spiro atoms. The smallest absolute Gasteiger partial charge is 0.240 e. The van der Waals surface area contributed by atoms with E-state index in [9.17, 15) is 0 Å². The molecule has 0 unspecified atom stereocenters. The van der Waals surface area contributed by atoms with Crippen LogP contribution in [0.4, 0.5) is 5.95 Å². The Bertz CT molecular complexity index is 516. The number of aromatic nitrogens is 2. The molecule has 3 N–H and O–H groups in total. The van der Waals surface area contributed by atoms with Gasteiger partial charge >= 0.3 is 0 Å². The number of benzene rings is 1. The zero-order valence-corrected chi connectivity index (χ0v) is 11.0. The number of ether oxygens (including phenoxy) is 1. The van der Waals surface area contributed by atoms with Crippen molar-refractivity contribution in [2.24, 2.45) is 5.84 Å². The molecule has 0 bridgehead atoms. The van der Waals surface area contributed by atoms with Gasteiger partial charge in [0.2, 0.25) is 11.8 Å².